The Labute approximate surface area is 154 Å². The lowest BCUT2D eigenvalue weighted by molar-refractivity contribution is -0.122. The van der Waals surface area contributed by atoms with E-state index in [1.807, 2.05) is 6.07 Å². The van der Waals surface area contributed by atoms with Crippen molar-refractivity contribution in [2.75, 3.05) is 12.4 Å². The predicted molar refractivity (Wildman–Crippen MR) is 96.5 cm³/mol. The highest BCUT2D eigenvalue weighted by Crippen LogP contribution is 2.27. The van der Waals surface area contributed by atoms with Crippen LogP contribution in [0.3, 0.4) is 0 Å². The first-order valence-electron chi connectivity index (χ1n) is 7.77. The third kappa shape index (κ3) is 4.12. The number of amides is 1. The summed E-state index contributed by atoms with van der Waals surface area (Å²) >= 11 is 5.85. The number of halogens is 1. The van der Waals surface area contributed by atoms with E-state index < -0.39 is 12.0 Å². The maximum Gasteiger partial charge on any atom is 0.270 e. The fourth-order valence-electron chi connectivity index (χ4n) is 2.16. The van der Waals surface area contributed by atoms with E-state index in [1.165, 1.54) is 7.11 Å². The van der Waals surface area contributed by atoms with E-state index in [9.17, 15) is 4.79 Å². The minimum absolute atomic E-state index is 0.0513. The van der Waals surface area contributed by atoms with Gasteiger partial charge in [-0.2, -0.15) is 4.98 Å². The molecule has 0 aliphatic rings. The quantitative estimate of drug-likeness (QED) is 0.707. The van der Waals surface area contributed by atoms with Crippen molar-refractivity contribution < 1.29 is 18.8 Å². The van der Waals surface area contributed by atoms with Gasteiger partial charge in [-0.25, -0.2) is 0 Å². The lowest BCUT2D eigenvalue weighted by Gasteiger charge is -2.15. The van der Waals surface area contributed by atoms with Crippen molar-refractivity contribution in [1.82, 2.24) is 10.1 Å². The van der Waals surface area contributed by atoms with Crippen molar-refractivity contribution in [1.29, 1.82) is 0 Å². The Morgan fingerprint density at radius 3 is 2.54 bits per heavy atom. The highest BCUT2D eigenvalue weighted by molar-refractivity contribution is 6.30. The summed E-state index contributed by atoms with van der Waals surface area (Å²) in [6.45, 7) is 1.61. The normalized spacial score (nSPS) is 11.7. The molecule has 1 amide bonds. The van der Waals surface area contributed by atoms with E-state index in [0.717, 1.165) is 0 Å². The maximum atomic E-state index is 12.3. The Kier molecular flexibility index (Phi) is 5.38. The van der Waals surface area contributed by atoms with Crippen LogP contribution < -0.4 is 14.8 Å². The van der Waals surface area contributed by atoms with Gasteiger partial charge in [0.1, 0.15) is 0 Å². The van der Waals surface area contributed by atoms with Crippen LogP contribution in [0.15, 0.2) is 53.1 Å². The summed E-state index contributed by atoms with van der Waals surface area (Å²) in [7, 11) is 1.53. The van der Waals surface area contributed by atoms with Gasteiger partial charge in [0.05, 0.1) is 7.11 Å². The van der Waals surface area contributed by atoms with E-state index in [2.05, 4.69) is 15.5 Å². The fraction of sp³-hybridized carbons (Fsp3) is 0.167. The van der Waals surface area contributed by atoms with Gasteiger partial charge in [-0.3, -0.25) is 10.1 Å². The molecule has 0 spiro atoms. The minimum atomic E-state index is -0.788. The molecule has 134 valence electrons. The summed E-state index contributed by atoms with van der Waals surface area (Å²) in [4.78, 5) is 16.4. The Balaban J connectivity index is 1.65. The number of aromatic nitrogens is 2. The molecule has 0 aliphatic carbocycles. The monoisotopic (exact) mass is 373 g/mol. The molecule has 0 fully saturated rings. The summed E-state index contributed by atoms with van der Waals surface area (Å²) in [5.74, 6) is 0.911. The van der Waals surface area contributed by atoms with Crippen LogP contribution >= 0.6 is 11.6 Å². The molecular weight excluding hydrogens is 358 g/mol. The van der Waals surface area contributed by atoms with E-state index in [-0.39, 0.29) is 11.8 Å². The number of hydrogen-bond acceptors (Lipinski definition) is 6. The van der Waals surface area contributed by atoms with Gasteiger partial charge in [0.15, 0.2) is 17.6 Å². The molecule has 0 saturated carbocycles. The number of nitrogens with zero attached hydrogens (tertiary/aromatic N) is 2. The summed E-state index contributed by atoms with van der Waals surface area (Å²) in [5, 5.41) is 6.90. The first kappa shape index (κ1) is 17.8. The zero-order valence-electron chi connectivity index (χ0n) is 14.1. The number of anilines is 1. The number of hydrogen-bond donors (Lipinski definition) is 1. The van der Waals surface area contributed by atoms with Crippen LogP contribution in [-0.2, 0) is 4.79 Å². The smallest absolute Gasteiger partial charge is 0.270 e. The maximum absolute atomic E-state index is 12.3. The molecular formula is C18H16ClN3O4. The number of carbonyl (C=O) groups is 1. The molecule has 7 nitrogen and oxygen atoms in total. The van der Waals surface area contributed by atoms with Crippen molar-refractivity contribution >= 4 is 23.5 Å². The standard InChI is InChI=1S/C18H16ClN3O4/c1-11(25-15-6-4-3-5-14(15)24-2)16(23)20-18-21-17(26-22-18)12-7-9-13(19)10-8-12/h3-11H,1-2H3,(H,20,22,23)/t11-/m0/s1. The fourth-order valence-corrected chi connectivity index (χ4v) is 2.28. The van der Waals surface area contributed by atoms with Gasteiger partial charge in [0.2, 0.25) is 0 Å². The molecule has 1 atom stereocenters. The number of benzene rings is 2. The summed E-state index contributed by atoms with van der Waals surface area (Å²) in [5.41, 5.74) is 0.695. The van der Waals surface area contributed by atoms with Crippen LogP contribution in [0.2, 0.25) is 5.02 Å². The predicted octanol–water partition coefficient (Wildman–Crippen LogP) is 3.80. The number of rotatable bonds is 6. The molecule has 1 heterocycles. The number of nitrogens with one attached hydrogen (secondary N) is 1. The van der Waals surface area contributed by atoms with Gasteiger partial charge in [-0.1, -0.05) is 23.7 Å². The molecule has 2 aromatic carbocycles. The molecule has 0 bridgehead atoms. The van der Waals surface area contributed by atoms with Crippen LogP contribution in [0.4, 0.5) is 5.95 Å². The van der Waals surface area contributed by atoms with Crippen molar-refractivity contribution in [2.45, 2.75) is 13.0 Å². The second-order valence-corrected chi connectivity index (χ2v) is 5.77. The van der Waals surface area contributed by atoms with E-state index >= 15 is 0 Å². The first-order chi connectivity index (χ1) is 12.6. The van der Waals surface area contributed by atoms with Crippen molar-refractivity contribution in [3.63, 3.8) is 0 Å². The second-order valence-electron chi connectivity index (χ2n) is 5.33. The molecule has 8 heteroatoms. The zero-order chi connectivity index (χ0) is 18.5. The minimum Gasteiger partial charge on any atom is -0.493 e. The van der Waals surface area contributed by atoms with Crippen molar-refractivity contribution in [3.05, 3.63) is 53.6 Å². The third-order valence-electron chi connectivity index (χ3n) is 3.49. The molecule has 0 unspecified atom stereocenters. The largest absolute Gasteiger partial charge is 0.493 e. The molecule has 26 heavy (non-hydrogen) atoms. The molecule has 1 aromatic heterocycles. The second kappa shape index (κ2) is 7.88. The van der Waals surface area contributed by atoms with Crippen molar-refractivity contribution in [3.8, 4) is 23.0 Å². The Bertz CT molecular complexity index is 895. The van der Waals surface area contributed by atoms with E-state index in [0.29, 0.717) is 22.1 Å². The number of methoxy groups -OCH3 is 1. The van der Waals surface area contributed by atoms with Gasteiger partial charge in [-0.15, -0.1) is 0 Å². The third-order valence-corrected chi connectivity index (χ3v) is 3.75. The van der Waals surface area contributed by atoms with Crippen LogP contribution in [0.25, 0.3) is 11.5 Å². The van der Waals surface area contributed by atoms with E-state index in [4.69, 9.17) is 25.6 Å². The molecule has 1 N–H and O–H groups in total. The summed E-state index contributed by atoms with van der Waals surface area (Å²) in [6, 6.07) is 14.0. The topological polar surface area (TPSA) is 86.5 Å². The Morgan fingerprint density at radius 2 is 1.85 bits per heavy atom. The lowest BCUT2D eigenvalue weighted by atomic mass is 10.2. The number of ether oxygens (including phenoxy) is 2. The van der Waals surface area contributed by atoms with Crippen LogP contribution in [0.5, 0.6) is 11.5 Å². The van der Waals surface area contributed by atoms with Crippen molar-refractivity contribution in [2.24, 2.45) is 0 Å². The molecule has 0 saturated heterocycles. The first-order valence-corrected chi connectivity index (χ1v) is 8.15. The SMILES string of the molecule is COc1ccccc1O[C@@H](C)C(=O)Nc1noc(-c2ccc(Cl)cc2)n1. The highest BCUT2D eigenvalue weighted by Gasteiger charge is 2.19. The summed E-state index contributed by atoms with van der Waals surface area (Å²) in [6.07, 6.45) is -0.788. The van der Waals surface area contributed by atoms with Crippen LogP contribution in [0.1, 0.15) is 6.92 Å². The van der Waals surface area contributed by atoms with Gasteiger partial charge in [-0.05, 0) is 48.5 Å². The summed E-state index contributed by atoms with van der Waals surface area (Å²) < 4.78 is 16.0. The Hall–Kier alpha value is -3.06. The van der Waals surface area contributed by atoms with Gasteiger partial charge in [0.25, 0.3) is 17.7 Å². The van der Waals surface area contributed by atoms with Crippen LogP contribution in [-0.4, -0.2) is 29.3 Å². The number of para-hydroxylation sites is 2. The zero-order valence-corrected chi connectivity index (χ0v) is 14.9. The Morgan fingerprint density at radius 1 is 1.15 bits per heavy atom. The average molecular weight is 374 g/mol. The highest BCUT2D eigenvalue weighted by atomic mass is 35.5. The van der Waals surface area contributed by atoms with Crippen LogP contribution in [0, 0.1) is 0 Å². The number of carbonyl (C=O) groups excluding carboxylic acids is 1. The molecule has 3 rings (SSSR count). The molecule has 0 radical (unpaired) electrons. The average Bonchev–Trinajstić information content (AvgIpc) is 3.11. The van der Waals surface area contributed by atoms with E-state index in [1.54, 1.807) is 49.4 Å². The molecule has 0 aliphatic heterocycles. The van der Waals surface area contributed by atoms with Gasteiger partial charge >= 0.3 is 0 Å². The molecule has 3 aromatic rings. The van der Waals surface area contributed by atoms with Gasteiger partial charge in [0, 0.05) is 10.6 Å². The van der Waals surface area contributed by atoms with Gasteiger partial charge < -0.3 is 14.0 Å². The lowest BCUT2D eigenvalue weighted by Crippen LogP contribution is -2.30.